The molecule has 50 heavy (non-hydrogen) atoms. The van der Waals surface area contributed by atoms with Crippen molar-refractivity contribution in [2.45, 2.75) is 50.2 Å². The summed E-state index contributed by atoms with van der Waals surface area (Å²) in [6, 6.07) is 6.00. The fourth-order valence-electron chi connectivity index (χ4n) is 8.54. The smallest absolute Gasteiger partial charge is 0.319 e. The Hall–Kier alpha value is -4.67. The van der Waals surface area contributed by atoms with E-state index in [4.69, 9.17) is 25.6 Å². The molecule has 260 valence electrons. The lowest BCUT2D eigenvalue weighted by molar-refractivity contribution is -0.119. The van der Waals surface area contributed by atoms with Crippen LogP contribution in [-0.4, -0.2) is 90.7 Å². The zero-order valence-corrected chi connectivity index (χ0v) is 27.7. The summed E-state index contributed by atoms with van der Waals surface area (Å²) in [6.07, 6.45) is 10.5. The molecule has 6 heterocycles. The molecule has 2 aromatic carbocycles. The normalized spacial score (nSPS) is 25.0. The third kappa shape index (κ3) is 5.54. The molecule has 1 unspecified atom stereocenters. The summed E-state index contributed by atoms with van der Waals surface area (Å²) >= 11 is 0. The molecule has 1 amide bonds. The number of rotatable bonds is 8. The summed E-state index contributed by atoms with van der Waals surface area (Å²) in [7, 11) is 1.48. The minimum absolute atomic E-state index is 0.00980. The molecular formula is C37H37F3N6O4. The molecule has 1 spiro atoms. The van der Waals surface area contributed by atoms with Gasteiger partial charge in [-0.05, 0) is 55.8 Å². The predicted octanol–water partition coefficient (Wildman–Crippen LogP) is 5.15. The van der Waals surface area contributed by atoms with Crippen LogP contribution in [0.25, 0.3) is 32.9 Å². The first-order valence-corrected chi connectivity index (χ1v) is 17.0. The second-order valence-electron chi connectivity index (χ2n) is 14.0. The Morgan fingerprint density at radius 3 is 2.80 bits per heavy atom. The first-order chi connectivity index (χ1) is 24.2. The number of benzene rings is 2. The lowest BCUT2D eigenvalue weighted by Gasteiger charge is -2.40. The first-order valence-electron chi connectivity index (χ1n) is 17.0. The van der Waals surface area contributed by atoms with Crippen LogP contribution in [0, 0.1) is 29.4 Å². The highest BCUT2D eigenvalue weighted by molar-refractivity contribution is 6.03. The van der Waals surface area contributed by atoms with Crippen LogP contribution in [0.2, 0.25) is 0 Å². The third-order valence-electron chi connectivity index (χ3n) is 10.8. The first kappa shape index (κ1) is 32.5. The number of ether oxygens (including phenoxy) is 3. The number of hydrogen-bond acceptors (Lipinski definition) is 9. The number of anilines is 1. The summed E-state index contributed by atoms with van der Waals surface area (Å²) in [5.41, 5.74) is -0.717. The average molecular weight is 687 g/mol. The second-order valence-corrected chi connectivity index (χ2v) is 14.0. The number of alkyl halides is 1. The summed E-state index contributed by atoms with van der Waals surface area (Å²) in [5.74, 6) is 1.81. The summed E-state index contributed by atoms with van der Waals surface area (Å²) in [6.45, 7) is 2.95. The van der Waals surface area contributed by atoms with Crippen LogP contribution in [0.1, 0.15) is 44.1 Å². The highest BCUT2D eigenvalue weighted by Crippen LogP contribution is 2.43. The molecule has 0 saturated carbocycles. The Bertz CT molecular complexity index is 2060. The van der Waals surface area contributed by atoms with Crippen LogP contribution in [0.15, 0.2) is 30.5 Å². The van der Waals surface area contributed by atoms with Gasteiger partial charge in [0.15, 0.2) is 12.6 Å². The molecular weight excluding hydrogens is 649 g/mol. The van der Waals surface area contributed by atoms with Gasteiger partial charge in [0, 0.05) is 68.7 Å². The van der Waals surface area contributed by atoms with E-state index in [-0.39, 0.29) is 53.1 Å². The fraction of sp³-hybridized carbons (Fsp3) is 0.459. The molecule has 3 atom stereocenters. The van der Waals surface area contributed by atoms with Crippen LogP contribution < -0.4 is 19.7 Å². The topological polar surface area (TPSA) is 102 Å². The van der Waals surface area contributed by atoms with E-state index in [1.165, 1.54) is 19.4 Å². The van der Waals surface area contributed by atoms with Gasteiger partial charge in [0.25, 0.3) is 0 Å². The van der Waals surface area contributed by atoms with Crippen molar-refractivity contribution in [1.82, 2.24) is 25.2 Å². The quantitative estimate of drug-likeness (QED) is 0.199. The van der Waals surface area contributed by atoms with Crippen molar-refractivity contribution in [3.05, 3.63) is 47.7 Å². The molecule has 2 aromatic heterocycles. The van der Waals surface area contributed by atoms with Crippen molar-refractivity contribution in [3.8, 4) is 35.4 Å². The number of carbonyl (C=O) groups is 1. The maximum atomic E-state index is 17.1. The number of nitrogens with one attached hydrogen (secondary N) is 1. The number of nitrogens with zero attached hydrogens (tertiary/aromatic N) is 5. The summed E-state index contributed by atoms with van der Waals surface area (Å²) in [4.78, 5) is 30.5. The maximum Gasteiger partial charge on any atom is 0.319 e. The lowest BCUT2D eigenvalue weighted by atomic mass is 9.79. The number of piperidine rings is 1. The molecule has 4 saturated heterocycles. The number of methoxy groups -OCH3 is 1. The Labute approximate surface area is 287 Å². The second kappa shape index (κ2) is 12.6. The summed E-state index contributed by atoms with van der Waals surface area (Å²) in [5, 5.41) is 4.15. The number of amides is 1. The van der Waals surface area contributed by atoms with Gasteiger partial charge in [-0.1, -0.05) is 12.0 Å². The molecule has 4 fully saturated rings. The Morgan fingerprint density at radius 1 is 1.14 bits per heavy atom. The monoisotopic (exact) mass is 686 g/mol. The van der Waals surface area contributed by atoms with Gasteiger partial charge in [0.2, 0.25) is 5.91 Å². The van der Waals surface area contributed by atoms with Crippen molar-refractivity contribution >= 4 is 33.4 Å². The Balaban J connectivity index is 1.27. The number of terminal acetylenes is 1. The van der Waals surface area contributed by atoms with Gasteiger partial charge in [-0.2, -0.15) is 9.97 Å². The minimum atomic E-state index is -0.943. The van der Waals surface area contributed by atoms with Gasteiger partial charge < -0.3 is 24.4 Å². The molecule has 13 heteroatoms. The molecule has 0 aliphatic carbocycles. The van der Waals surface area contributed by atoms with E-state index < -0.39 is 23.3 Å². The zero-order valence-electron chi connectivity index (χ0n) is 27.7. The molecule has 0 radical (unpaired) electrons. The van der Waals surface area contributed by atoms with Crippen molar-refractivity contribution in [2.75, 3.05) is 58.1 Å². The van der Waals surface area contributed by atoms with E-state index in [0.717, 1.165) is 32.2 Å². The van der Waals surface area contributed by atoms with Crippen molar-refractivity contribution in [3.63, 3.8) is 0 Å². The van der Waals surface area contributed by atoms with Crippen LogP contribution in [0.5, 0.6) is 11.8 Å². The van der Waals surface area contributed by atoms with Crippen molar-refractivity contribution in [2.24, 2.45) is 5.41 Å². The standard InChI is InChI=1S/C37H37F3N6O4/c1-3-25-28(39)7-6-22-12-24(50-21-48-2)13-26(30(22)25)32-31(40)33-27(16-41-32)34(45-10-4-8-36(19-45)15-29(47)42-18-36)44-35(43-33)49-20-37-9-5-11-46(37)17-23(38)14-37/h1,6-7,12-13,16,23H,4-5,8-11,14-15,17-21H2,2H3,(H,42,47)/t23-,36?,37+/m1/s1. The predicted molar refractivity (Wildman–Crippen MR) is 181 cm³/mol. The number of halogens is 3. The molecule has 8 rings (SSSR count). The van der Waals surface area contributed by atoms with E-state index in [0.29, 0.717) is 66.7 Å². The lowest BCUT2D eigenvalue weighted by Crippen LogP contribution is -2.45. The number of pyridine rings is 1. The minimum Gasteiger partial charge on any atom is -0.468 e. The van der Waals surface area contributed by atoms with E-state index in [9.17, 15) is 9.18 Å². The molecule has 0 bridgehead atoms. The number of fused-ring (bicyclic) bond motifs is 3. The number of carbonyl (C=O) groups excluding carboxylic acids is 1. The van der Waals surface area contributed by atoms with Gasteiger partial charge in [-0.3, -0.25) is 14.7 Å². The molecule has 1 N–H and O–H groups in total. The van der Waals surface area contributed by atoms with Crippen molar-refractivity contribution in [1.29, 1.82) is 0 Å². The van der Waals surface area contributed by atoms with Crippen LogP contribution in [-0.2, 0) is 9.53 Å². The van der Waals surface area contributed by atoms with Gasteiger partial charge in [-0.15, -0.1) is 6.42 Å². The molecule has 4 aromatic rings. The number of aromatic nitrogens is 3. The Kier molecular flexibility index (Phi) is 8.19. The van der Waals surface area contributed by atoms with E-state index >= 15 is 8.78 Å². The largest absolute Gasteiger partial charge is 0.468 e. The van der Waals surface area contributed by atoms with Crippen molar-refractivity contribution < 1.29 is 32.2 Å². The molecule has 4 aliphatic heterocycles. The number of hydrogen-bond donors (Lipinski definition) is 1. The molecule has 10 nitrogen and oxygen atoms in total. The van der Waals surface area contributed by atoms with Crippen LogP contribution >= 0.6 is 0 Å². The van der Waals surface area contributed by atoms with E-state index in [1.54, 1.807) is 18.2 Å². The fourth-order valence-corrected chi connectivity index (χ4v) is 8.54. The SMILES string of the molecule is C#Cc1c(F)ccc2cc(OCOC)cc(-c3ncc4c(N5CCCC6(CNC(=O)C6)C5)nc(OC[C@@]56CCCN5C[C@H](F)C6)nc4c3F)c12. The highest BCUT2D eigenvalue weighted by atomic mass is 19.1. The summed E-state index contributed by atoms with van der Waals surface area (Å²) < 4.78 is 63.8. The van der Waals surface area contributed by atoms with E-state index in [1.807, 2.05) is 0 Å². The third-order valence-corrected chi connectivity index (χ3v) is 10.8. The van der Waals surface area contributed by atoms with Gasteiger partial charge in [0.05, 0.1) is 16.5 Å². The highest BCUT2D eigenvalue weighted by Gasteiger charge is 2.49. The maximum absolute atomic E-state index is 17.1. The average Bonchev–Trinajstić information content (AvgIpc) is 3.77. The van der Waals surface area contributed by atoms with Gasteiger partial charge >= 0.3 is 6.01 Å². The molecule has 4 aliphatic rings. The van der Waals surface area contributed by atoms with Gasteiger partial charge in [0.1, 0.15) is 41.4 Å². The van der Waals surface area contributed by atoms with E-state index in [2.05, 4.69) is 31.0 Å². The Morgan fingerprint density at radius 2 is 2.00 bits per heavy atom. The van der Waals surface area contributed by atoms with Crippen LogP contribution in [0.3, 0.4) is 0 Å². The van der Waals surface area contributed by atoms with Gasteiger partial charge in [-0.25, -0.2) is 13.2 Å². The van der Waals surface area contributed by atoms with Crippen LogP contribution in [0.4, 0.5) is 19.0 Å². The zero-order chi connectivity index (χ0) is 34.6.